The third-order valence-corrected chi connectivity index (χ3v) is 3.99. The highest BCUT2D eigenvalue weighted by Crippen LogP contribution is 2.41. The quantitative estimate of drug-likeness (QED) is 0.839. The van der Waals surface area contributed by atoms with Crippen LogP contribution in [0.1, 0.15) is 37.8 Å². The zero-order valence-electron chi connectivity index (χ0n) is 12.9. The van der Waals surface area contributed by atoms with Gasteiger partial charge in [-0.2, -0.15) is 0 Å². The van der Waals surface area contributed by atoms with Crippen molar-refractivity contribution in [3.05, 3.63) is 65.7 Å². The number of carbonyl (C=O) groups is 1. The number of benzene rings is 2. The molecule has 0 saturated carbocycles. The van der Waals surface area contributed by atoms with Crippen LogP contribution in [0.25, 0.3) is 0 Å². The molecule has 3 heteroatoms. The van der Waals surface area contributed by atoms with Crippen molar-refractivity contribution < 1.29 is 9.53 Å². The highest BCUT2D eigenvalue weighted by Gasteiger charge is 2.36. The van der Waals surface area contributed by atoms with Crippen LogP contribution in [0, 0.1) is 0 Å². The summed E-state index contributed by atoms with van der Waals surface area (Å²) in [6.07, 6.45) is 1.14. The molecule has 0 radical (unpaired) electrons. The molecule has 0 N–H and O–H groups in total. The van der Waals surface area contributed by atoms with Gasteiger partial charge in [-0.05, 0) is 38.5 Å². The van der Waals surface area contributed by atoms with Crippen molar-refractivity contribution in [1.29, 1.82) is 0 Å². The molecular weight excluding hydrogens is 274 g/mol. The normalized spacial score (nSPS) is 19.8. The smallest absolute Gasteiger partial charge is 0.222 e. The molecular formula is C19H19NO2. The number of fused-ring (bicyclic) bond motifs is 1. The summed E-state index contributed by atoms with van der Waals surface area (Å²) in [7, 11) is 0. The van der Waals surface area contributed by atoms with Crippen LogP contribution in [0.5, 0.6) is 0 Å². The van der Waals surface area contributed by atoms with Gasteiger partial charge in [0.05, 0.1) is 5.69 Å². The molecule has 0 spiro atoms. The van der Waals surface area contributed by atoms with Crippen LogP contribution in [0.4, 0.5) is 5.69 Å². The summed E-state index contributed by atoms with van der Waals surface area (Å²) in [6, 6.07) is 17.8. The van der Waals surface area contributed by atoms with Crippen LogP contribution in [0.3, 0.4) is 0 Å². The van der Waals surface area contributed by atoms with Gasteiger partial charge < -0.3 is 9.53 Å². The lowest BCUT2D eigenvalue weighted by Gasteiger charge is -2.35. The molecule has 1 aliphatic heterocycles. The molecule has 0 fully saturated rings. The van der Waals surface area contributed by atoms with E-state index in [4.69, 9.17) is 4.74 Å². The summed E-state index contributed by atoms with van der Waals surface area (Å²) in [6.45, 7) is 3.65. The third kappa shape index (κ3) is 2.80. The van der Waals surface area contributed by atoms with Crippen molar-refractivity contribution in [2.75, 3.05) is 0 Å². The van der Waals surface area contributed by atoms with E-state index in [-0.39, 0.29) is 5.78 Å². The second-order valence-electron chi connectivity index (χ2n) is 5.84. The number of nitrogens with zero attached hydrogens (tertiary/aromatic N) is 1. The summed E-state index contributed by atoms with van der Waals surface area (Å²) in [4.78, 5) is 16.1. The maximum Gasteiger partial charge on any atom is 0.222 e. The zero-order chi connectivity index (χ0) is 15.6. The molecule has 0 aromatic heterocycles. The highest BCUT2D eigenvalue weighted by atomic mass is 16.5. The monoisotopic (exact) mass is 293 g/mol. The second kappa shape index (κ2) is 5.76. The molecule has 2 aromatic rings. The van der Waals surface area contributed by atoms with Gasteiger partial charge in [0.2, 0.25) is 5.90 Å². The Labute approximate surface area is 130 Å². The number of para-hydroxylation sites is 1. The van der Waals surface area contributed by atoms with Crippen LogP contribution in [-0.2, 0) is 15.1 Å². The minimum absolute atomic E-state index is 0.172. The van der Waals surface area contributed by atoms with E-state index < -0.39 is 5.60 Å². The average Bonchev–Trinajstić information content (AvgIpc) is 2.54. The molecule has 0 aliphatic carbocycles. The molecule has 0 bridgehead atoms. The van der Waals surface area contributed by atoms with E-state index in [0.29, 0.717) is 18.7 Å². The van der Waals surface area contributed by atoms with Crippen LogP contribution < -0.4 is 0 Å². The number of rotatable bonds is 4. The maximum absolute atomic E-state index is 11.4. The van der Waals surface area contributed by atoms with Gasteiger partial charge >= 0.3 is 0 Å². The Kier molecular flexibility index (Phi) is 3.80. The molecule has 22 heavy (non-hydrogen) atoms. The van der Waals surface area contributed by atoms with Crippen LogP contribution in [-0.4, -0.2) is 11.7 Å². The number of Topliss-reactive ketones (excluding diaryl/α,β-unsaturated/α-hetero) is 1. The highest BCUT2D eigenvalue weighted by molar-refractivity contribution is 5.97. The first-order chi connectivity index (χ1) is 10.6. The molecule has 1 aliphatic rings. The fourth-order valence-electron chi connectivity index (χ4n) is 2.72. The van der Waals surface area contributed by atoms with E-state index in [1.54, 1.807) is 6.92 Å². The SMILES string of the molecule is CC(=O)CCC1(C)OC(c2ccccc2)=Nc2ccccc21. The lowest BCUT2D eigenvalue weighted by molar-refractivity contribution is -0.118. The predicted molar refractivity (Wildman–Crippen MR) is 87.4 cm³/mol. The first kappa shape index (κ1) is 14.5. The van der Waals surface area contributed by atoms with Gasteiger partial charge in [0, 0.05) is 17.5 Å². The maximum atomic E-state index is 11.4. The van der Waals surface area contributed by atoms with E-state index in [9.17, 15) is 4.79 Å². The van der Waals surface area contributed by atoms with Gasteiger partial charge in [-0.3, -0.25) is 0 Å². The Morgan fingerprint density at radius 2 is 1.77 bits per heavy atom. The van der Waals surface area contributed by atoms with E-state index in [1.165, 1.54) is 0 Å². The van der Waals surface area contributed by atoms with Gasteiger partial charge in [-0.1, -0.05) is 36.4 Å². The molecule has 1 atom stereocenters. The Morgan fingerprint density at radius 1 is 1.09 bits per heavy atom. The lowest BCUT2D eigenvalue weighted by atomic mass is 9.87. The van der Waals surface area contributed by atoms with Gasteiger partial charge in [0.25, 0.3) is 0 Å². The average molecular weight is 293 g/mol. The minimum Gasteiger partial charge on any atom is -0.466 e. The van der Waals surface area contributed by atoms with Crippen LogP contribution >= 0.6 is 0 Å². The Balaban J connectivity index is 2.03. The fourth-order valence-corrected chi connectivity index (χ4v) is 2.72. The first-order valence-electron chi connectivity index (χ1n) is 7.50. The zero-order valence-corrected chi connectivity index (χ0v) is 12.9. The van der Waals surface area contributed by atoms with Crippen molar-refractivity contribution in [2.24, 2.45) is 4.99 Å². The molecule has 0 saturated heterocycles. The standard InChI is InChI=1S/C19H19NO2/c1-14(21)12-13-19(2)16-10-6-7-11-17(16)20-18(22-19)15-8-4-3-5-9-15/h3-11H,12-13H2,1-2H3. The molecule has 1 heterocycles. The predicted octanol–water partition coefficient (Wildman–Crippen LogP) is 4.38. The van der Waals surface area contributed by atoms with Crippen molar-refractivity contribution >= 4 is 17.4 Å². The van der Waals surface area contributed by atoms with E-state index in [0.717, 1.165) is 16.8 Å². The second-order valence-corrected chi connectivity index (χ2v) is 5.84. The summed E-state index contributed by atoms with van der Waals surface area (Å²) < 4.78 is 6.23. The van der Waals surface area contributed by atoms with E-state index in [1.807, 2.05) is 61.5 Å². The molecule has 1 unspecified atom stereocenters. The first-order valence-corrected chi connectivity index (χ1v) is 7.50. The molecule has 3 nitrogen and oxygen atoms in total. The van der Waals surface area contributed by atoms with Gasteiger partial charge in [-0.25, -0.2) is 4.99 Å². The summed E-state index contributed by atoms with van der Waals surface area (Å²) in [5.74, 6) is 0.788. The number of ketones is 1. The number of hydrogen-bond donors (Lipinski definition) is 0. The van der Waals surface area contributed by atoms with Crippen LogP contribution in [0.2, 0.25) is 0 Å². The largest absolute Gasteiger partial charge is 0.466 e. The lowest BCUT2D eigenvalue weighted by Crippen LogP contribution is -2.33. The van der Waals surface area contributed by atoms with Crippen molar-refractivity contribution in [2.45, 2.75) is 32.3 Å². The fraction of sp³-hybridized carbons (Fsp3) is 0.263. The molecule has 2 aromatic carbocycles. The van der Waals surface area contributed by atoms with Crippen molar-refractivity contribution in [3.63, 3.8) is 0 Å². The minimum atomic E-state index is -0.533. The Bertz CT molecular complexity index is 721. The van der Waals surface area contributed by atoms with E-state index in [2.05, 4.69) is 4.99 Å². The topological polar surface area (TPSA) is 38.7 Å². The van der Waals surface area contributed by atoms with Gasteiger partial charge in [0.15, 0.2) is 0 Å². The number of ether oxygens (including phenoxy) is 1. The van der Waals surface area contributed by atoms with Crippen molar-refractivity contribution in [1.82, 2.24) is 0 Å². The summed E-state index contributed by atoms with van der Waals surface area (Å²) in [5, 5.41) is 0. The van der Waals surface area contributed by atoms with Crippen molar-refractivity contribution in [3.8, 4) is 0 Å². The molecule has 112 valence electrons. The Hall–Kier alpha value is -2.42. The number of carbonyl (C=O) groups excluding carboxylic acids is 1. The van der Waals surface area contributed by atoms with Crippen LogP contribution in [0.15, 0.2) is 59.6 Å². The molecule has 3 rings (SSSR count). The van der Waals surface area contributed by atoms with Gasteiger partial charge in [0.1, 0.15) is 11.4 Å². The Morgan fingerprint density at radius 3 is 2.50 bits per heavy atom. The summed E-state index contributed by atoms with van der Waals surface area (Å²) in [5.41, 5.74) is 2.37. The van der Waals surface area contributed by atoms with Gasteiger partial charge in [-0.15, -0.1) is 0 Å². The number of aliphatic imine (C=N–C) groups is 1. The number of hydrogen-bond acceptors (Lipinski definition) is 3. The summed E-state index contributed by atoms with van der Waals surface area (Å²) >= 11 is 0. The third-order valence-electron chi connectivity index (χ3n) is 3.99. The molecule has 0 amide bonds. The van der Waals surface area contributed by atoms with E-state index >= 15 is 0 Å².